The molecule has 3 heterocycles. The van der Waals surface area contributed by atoms with Crippen molar-refractivity contribution in [3.8, 4) is 0 Å². The second kappa shape index (κ2) is 5.65. The summed E-state index contributed by atoms with van der Waals surface area (Å²) in [4.78, 5) is 5.26. The van der Waals surface area contributed by atoms with Crippen molar-refractivity contribution in [1.29, 1.82) is 0 Å². The highest BCUT2D eigenvalue weighted by molar-refractivity contribution is 7.12. The molecule has 4 atom stereocenters. The first-order chi connectivity index (χ1) is 9.95. The first-order valence-electron chi connectivity index (χ1n) is 8.08. The largest absolute Gasteiger partial charge is 0.394 e. The minimum absolute atomic E-state index is 0.105. The number of hydrogen-bond donors (Lipinski definition) is 2. The van der Waals surface area contributed by atoms with Crippen LogP contribution in [0.25, 0.3) is 0 Å². The van der Waals surface area contributed by atoms with Crippen LogP contribution in [-0.2, 0) is 0 Å². The van der Waals surface area contributed by atoms with E-state index in [9.17, 15) is 5.11 Å². The van der Waals surface area contributed by atoms with Gasteiger partial charge in [0.1, 0.15) is 0 Å². The van der Waals surface area contributed by atoms with Crippen molar-refractivity contribution >= 4 is 11.3 Å². The quantitative estimate of drug-likeness (QED) is 0.897. The van der Waals surface area contributed by atoms with E-state index in [0.29, 0.717) is 23.8 Å². The molecule has 0 saturated carbocycles. The fraction of sp³-hybridized carbons (Fsp3) is 0.765. The third kappa shape index (κ3) is 2.67. The van der Waals surface area contributed by atoms with Crippen molar-refractivity contribution in [2.75, 3.05) is 26.7 Å². The summed E-state index contributed by atoms with van der Waals surface area (Å²) in [7, 11) is 2.21. The molecule has 0 spiro atoms. The van der Waals surface area contributed by atoms with Gasteiger partial charge in [-0.25, -0.2) is 0 Å². The second-order valence-electron chi connectivity index (χ2n) is 7.47. The Kier molecular flexibility index (Phi) is 4.17. The Balaban J connectivity index is 1.93. The van der Waals surface area contributed by atoms with Gasteiger partial charge in [0.05, 0.1) is 6.61 Å². The van der Waals surface area contributed by atoms with Gasteiger partial charge in [0.15, 0.2) is 0 Å². The number of aliphatic hydroxyl groups is 1. The maximum Gasteiger partial charge on any atom is 0.0616 e. The number of rotatable bonds is 4. The maximum absolute atomic E-state index is 10.2. The molecule has 4 heteroatoms. The van der Waals surface area contributed by atoms with Crippen LogP contribution in [0, 0.1) is 24.7 Å². The number of aryl methyl sites for hydroxylation is 1. The second-order valence-corrected chi connectivity index (χ2v) is 8.79. The van der Waals surface area contributed by atoms with Crippen LogP contribution in [0.4, 0.5) is 0 Å². The van der Waals surface area contributed by atoms with Gasteiger partial charge in [0.2, 0.25) is 0 Å². The number of likely N-dealkylation sites (tertiary alicyclic amines) is 1. The molecular formula is C17H28N2OS. The number of thiophene rings is 1. The lowest BCUT2D eigenvalue weighted by Crippen LogP contribution is -2.51. The summed E-state index contributed by atoms with van der Waals surface area (Å²) in [5, 5.41) is 14.1. The highest BCUT2D eigenvalue weighted by Gasteiger charge is 2.56. The minimum Gasteiger partial charge on any atom is -0.394 e. The smallest absolute Gasteiger partial charge is 0.0616 e. The molecule has 21 heavy (non-hydrogen) atoms. The molecule has 1 aromatic rings. The Labute approximate surface area is 132 Å². The Bertz CT molecular complexity index is 501. The lowest BCUT2D eigenvalue weighted by atomic mass is 9.76. The summed E-state index contributed by atoms with van der Waals surface area (Å²) in [6, 6.07) is 4.90. The number of aliphatic hydroxyl groups excluding tert-OH is 1. The van der Waals surface area contributed by atoms with Gasteiger partial charge >= 0.3 is 0 Å². The minimum atomic E-state index is -0.105. The van der Waals surface area contributed by atoms with Gasteiger partial charge in [-0.3, -0.25) is 0 Å². The van der Waals surface area contributed by atoms with Crippen molar-refractivity contribution in [2.45, 2.75) is 38.8 Å². The fourth-order valence-electron chi connectivity index (χ4n) is 4.55. The maximum atomic E-state index is 10.2. The highest BCUT2D eigenvalue weighted by atomic mass is 32.1. The Hall–Kier alpha value is -0.420. The highest BCUT2D eigenvalue weighted by Crippen LogP contribution is 2.49. The normalized spacial score (nSPS) is 36.6. The molecule has 2 fully saturated rings. The van der Waals surface area contributed by atoms with Crippen LogP contribution in [-0.4, -0.2) is 42.3 Å². The van der Waals surface area contributed by atoms with Gasteiger partial charge in [-0.15, -0.1) is 11.3 Å². The average molecular weight is 308 g/mol. The van der Waals surface area contributed by atoms with Crippen LogP contribution in [0.15, 0.2) is 12.1 Å². The van der Waals surface area contributed by atoms with E-state index in [-0.39, 0.29) is 12.1 Å². The SMILES string of the molecule is Cc1ccc([C@H]2N[C@](CO)(CC(C)C)[C@H]3CN(C)C[C@@H]23)s1. The van der Waals surface area contributed by atoms with Crippen molar-refractivity contribution in [3.05, 3.63) is 21.9 Å². The number of nitrogens with zero attached hydrogens (tertiary/aromatic N) is 1. The third-order valence-corrected chi connectivity index (χ3v) is 6.33. The van der Waals surface area contributed by atoms with E-state index in [4.69, 9.17) is 0 Å². The van der Waals surface area contributed by atoms with Gasteiger partial charge in [0, 0.05) is 34.4 Å². The van der Waals surface area contributed by atoms with Gasteiger partial charge in [-0.05, 0) is 50.3 Å². The molecule has 0 bridgehead atoms. The third-order valence-electron chi connectivity index (χ3n) is 5.25. The molecule has 118 valence electrons. The molecule has 0 aliphatic carbocycles. The predicted octanol–water partition coefficient (Wildman–Crippen LogP) is 2.66. The number of fused-ring (bicyclic) bond motifs is 1. The van der Waals surface area contributed by atoms with E-state index in [1.54, 1.807) is 0 Å². The predicted molar refractivity (Wildman–Crippen MR) is 88.7 cm³/mol. The molecule has 2 N–H and O–H groups in total. The van der Waals surface area contributed by atoms with Crippen molar-refractivity contribution in [2.24, 2.45) is 17.8 Å². The Morgan fingerprint density at radius 3 is 2.76 bits per heavy atom. The van der Waals surface area contributed by atoms with E-state index in [1.807, 2.05) is 11.3 Å². The summed E-state index contributed by atoms with van der Waals surface area (Å²) >= 11 is 1.90. The fourth-order valence-corrected chi connectivity index (χ4v) is 5.55. The molecule has 0 radical (unpaired) electrons. The van der Waals surface area contributed by atoms with Gasteiger partial charge in [-0.1, -0.05) is 13.8 Å². The first kappa shape index (κ1) is 15.5. The van der Waals surface area contributed by atoms with E-state index in [2.05, 4.69) is 50.2 Å². The molecule has 2 aliphatic rings. The summed E-state index contributed by atoms with van der Waals surface area (Å²) < 4.78 is 0. The molecular weight excluding hydrogens is 280 g/mol. The lowest BCUT2D eigenvalue weighted by Gasteiger charge is -2.35. The monoisotopic (exact) mass is 308 g/mol. The molecule has 3 nitrogen and oxygen atoms in total. The molecule has 0 amide bonds. The summed E-state index contributed by atoms with van der Waals surface area (Å²) in [6.07, 6.45) is 1.05. The van der Waals surface area contributed by atoms with Crippen LogP contribution >= 0.6 is 11.3 Å². The van der Waals surface area contributed by atoms with E-state index in [1.165, 1.54) is 9.75 Å². The molecule has 1 aromatic heterocycles. The standard InChI is InChI=1S/C17H28N2OS/c1-11(2)7-17(10-20)14-9-19(4)8-13(14)16(18-17)15-6-5-12(3)21-15/h5-6,11,13-14,16,18,20H,7-10H2,1-4H3/t13-,14+,16+,17+/m1/s1. The van der Waals surface area contributed by atoms with E-state index < -0.39 is 0 Å². The molecule has 3 rings (SSSR count). The van der Waals surface area contributed by atoms with Crippen LogP contribution in [0.1, 0.15) is 36.1 Å². The molecule has 0 unspecified atom stereocenters. The van der Waals surface area contributed by atoms with E-state index >= 15 is 0 Å². The van der Waals surface area contributed by atoms with Crippen molar-refractivity contribution in [3.63, 3.8) is 0 Å². The van der Waals surface area contributed by atoms with Crippen LogP contribution in [0.3, 0.4) is 0 Å². The number of nitrogens with one attached hydrogen (secondary N) is 1. The summed E-state index contributed by atoms with van der Waals surface area (Å²) in [6.45, 7) is 9.19. The summed E-state index contributed by atoms with van der Waals surface area (Å²) in [5.74, 6) is 1.78. The van der Waals surface area contributed by atoms with Crippen LogP contribution in [0.5, 0.6) is 0 Å². The van der Waals surface area contributed by atoms with Gasteiger partial charge in [0.25, 0.3) is 0 Å². The number of hydrogen-bond acceptors (Lipinski definition) is 4. The van der Waals surface area contributed by atoms with Crippen LogP contribution in [0.2, 0.25) is 0 Å². The zero-order valence-electron chi connectivity index (χ0n) is 13.6. The molecule has 0 aromatic carbocycles. The lowest BCUT2D eigenvalue weighted by molar-refractivity contribution is 0.109. The zero-order valence-corrected chi connectivity index (χ0v) is 14.4. The Morgan fingerprint density at radius 2 is 2.19 bits per heavy atom. The van der Waals surface area contributed by atoms with Gasteiger partial charge < -0.3 is 15.3 Å². The van der Waals surface area contributed by atoms with Crippen LogP contribution < -0.4 is 5.32 Å². The zero-order chi connectivity index (χ0) is 15.2. The summed E-state index contributed by atoms with van der Waals surface area (Å²) in [5.41, 5.74) is -0.105. The van der Waals surface area contributed by atoms with E-state index in [0.717, 1.165) is 19.5 Å². The van der Waals surface area contributed by atoms with Gasteiger partial charge in [-0.2, -0.15) is 0 Å². The topological polar surface area (TPSA) is 35.5 Å². The first-order valence-corrected chi connectivity index (χ1v) is 8.90. The molecule has 2 saturated heterocycles. The average Bonchev–Trinajstić information content (AvgIpc) is 3.06. The Morgan fingerprint density at radius 1 is 1.43 bits per heavy atom. The van der Waals surface area contributed by atoms with Crippen molar-refractivity contribution < 1.29 is 5.11 Å². The molecule has 2 aliphatic heterocycles. The van der Waals surface area contributed by atoms with Crippen molar-refractivity contribution in [1.82, 2.24) is 10.2 Å².